The van der Waals surface area contributed by atoms with Gasteiger partial charge in [-0.3, -0.25) is 4.79 Å². The topological polar surface area (TPSA) is 66.5 Å². The van der Waals surface area contributed by atoms with Crippen LogP contribution >= 0.6 is 0 Å². The van der Waals surface area contributed by atoms with Crippen LogP contribution in [0.2, 0.25) is 0 Å². The number of rotatable bonds is 4. The molecule has 5 nitrogen and oxygen atoms in total. The third-order valence-electron chi connectivity index (χ3n) is 3.97. The van der Waals surface area contributed by atoms with Crippen LogP contribution in [0.3, 0.4) is 0 Å². The number of benzene rings is 1. The predicted molar refractivity (Wildman–Crippen MR) is 81.2 cm³/mol. The van der Waals surface area contributed by atoms with Crippen molar-refractivity contribution in [3.8, 4) is 0 Å². The van der Waals surface area contributed by atoms with Crippen molar-refractivity contribution in [3.63, 3.8) is 0 Å². The molecule has 1 amide bonds. The van der Waals surface area contributed by atoms with Gasteiger partial charge in [-0.25, -0.2) is 17.2 Å². The maximum absolute atomic E-state index is 13.7. The minimum absolute atomic E-state index is 0.0362. The molecule has 1 aromatic rings. The molecule has 23 heavy (non-hydrogen) atoms. The van der Waals surface area contributed by atoms with E-state index in [2.05, 4.69) is 4.72 Å². The largest absolute Gasteiger partial charge is 0.339 e. The van der Waals surface area contributed by atoms with Crippen molar-refractivity contribution in [1.29, 1.82) is 0 Å². The van der Waals surface area contributed by atoms with E-state index in [0.717, 1.165) is 31.4 Å². The summed E-state index contributed by atoms with van der Waals surface area (Å²) in [6.45, 7) is 3.88. The Morgan fingerprint density at radius 3 is 2.70 bits per heavy atom. The first-order valence-electron chi connectivity index (χ1n) is 7.50. The fraction of sp³-hybridized carbons (Fsp3) is 0.533. The maximum atomic E-state index is 13.7. The number of piperidine rings is 1. The molecule has 0 radical (unpaired) electrons. The predicted octanol–water partition coefficient (Wildman–Crippen LogP) is 2.03. The summed E-state index contributed by atoms with van der Waals surface area (Å²) in [4.78, 5) is 13.2. The van der Waals surface area contributed by atoms with Crippen molar-refractivity contribution in [2.24, 2.45) is 0 Å². The Morgan fingerprint density at radius 2 is 2.04 bits per heavy atom. The molecule has 0 saturated carbocycles. The van der Waals surface area contributed by atoms with E-state index in [4.69, 9.17) is 0 Å². The number of sulfonamides is 1. The minimum Gasteiger partial charge on any atom is -0.339 e. The standard InChI is InChI=1S/C15H20F2N2O3S/c1-10-5-3-4-8-19(10)15(20)11(2)18-23(21,22)14-9-12(16)6-7-13(14)17/h6-7,9-11,18H,3-5,8H2,1-2H3. The first-order chi connectivity index (χ1) is 10.7. The van der Waals surface area contributed by atoms with Gasteiger partial charge < -0.3 is 4.90 Å². The molecular formula is C15H20F2N2O3S. The van der Waals surface area contributed by atoms with Crippen LogP contribution < -0.4 is 4.72 Å². The molecule has 2 unspecified atom stereocenters. The summed E-state index contributed by atoms with van der Waals surface area (Å²) in [7, 11) is -4.33. The summed E-state index contributed by atoms with van der Waals surface area (Å²) in [5.74, 6) is -2.29. The molecule has 0 bridgehead atoms. The lowest BCUT2D eigenvalue weighted by molar-refractivity contribution is -0.135. The SMILES string of the molecule is CC(NS(=O)(=O)c1cc(F)ccc1F)C(=O)N1CCCCC1C. The van der Waals surface area contributed by atoms with Gasteiger partial charge in [0.15, 0.2) is 0 Å². The molecule has 0 spiro atoms. The van der Waals surface area contributed by atoms with Crippen molar-refractivity contribution < 1.29 is 22.0 Å². The van der Waals surface area contributed by atoms with Crippen LogP contribution in [0.1, 0.15) is 33.1 Å². The number of amides is 1. The normalized spacial score (nSPS) is 20.3. The molecule has 0 aromatic heterocycles. The fourth-order valence-corrected chi connectivity index (χ4v) is 3.99. The summed E-state index contributed by atoms with van der Waals surface area (Å²) in [6, 6.07) is 1.15. The van der Waals surface area contributed by atoms with E-state index >= 15 is 0 Å². The highest BCUT2D eigenvalue weighted by Gasteiger charge is 2.30. The lowest BCUT2D eigenvalue weighted by atomic mass is 10.0. The molecule has 0 aliphatic carbocycles. The first kappa shape index (κ1) is 17.8. The van der Waals surface area contributed by atoms with Crippen LogP contribution in [0.25, 0.3) is 0 Å². The Morgan fingerprint density at radius 1 is 1.35 bits per heavy atom. The zero-order valence-corrected chi connectivity index (χ0v) is 13.9. The Labute approximate surface area is 134 Å². The van der Waals surface area contributed by atoms with Gasteiger partial charge in [0.2, 0.25) is 15.9 Å². The number of likely N-dealkylation sites (tertiary alicyclic amines) is 1. The number of hydrogen-bond acceptors (Lipinski definition) is 3. The van der Waals surface area contributed by atoms with Gasteiger partial charge in [0.1, 0.15) is 16.5 Å². The zero-order chi connectivity index (χ0) is 17.2. The Kier molecular flexibility index (Phi) is 5.36. The third-order valence-corrected chi connectivity index (χ3v) is 5.53. The first-order valence-corrected chi connectivity index (χ1v) is 8.98. The summed E-state index contributed by atoms with van der Waals surface area (Å²) in [5, 5.41) is 0. The van der Waals surface area contributed by atoms with Gasteiger partial charge >= 0.3 is 0 Å². The van der Waals surface area contributed by atoms with Gasteiger partial charge in [0.05, 0.1) is 6.04 Å². The van der Waals surface area contributed by atoms with E-state index in [1.807, 2.05) is 6.92 Å². The van der Waals surface area contributed by atoms with E-state index in [1.54, 1.807) is 4.90 Å². The molecule has 1 N–H and O–H groups in total. The Hall–Kier alpha value is -1.54. The number of hydrogen-bond donors (Lipinski definition) is 1. The van der Waals surface area contributed by atoms with Crippen LogP contribution in [0.15, 0.2) is 23.1 Å². The van der Waals surface area contributed by atoms with E-state index in [0.29, 0.717) is 12.6 Å². The van der Waals surface area contributed by atoms with Crippen molar-refractivity contribution in [3.05, 3.63) is 29.8 Å². The average molecular weight is 346 g/mol. The van der Waals surface area contributed by atoms with Gasteiger partial charge in [-0.05, 0) is 51.3 Å². The van der Waals surface area contributed by atoms with Crippen LogP contribution in [0, 0.1) is 11.6 Å². The lowest BCUT2D eigenvalue weighted by Gasteiger charge is -2.35. The monoisotopic (exact) mass is 346 g/mol. The average Bonchev–Trinajstić information content (AvgIpc) is 2.49. The number of carbonyl (C=O) groups is 1. The smallest absolute Gasteiger partial charge is 0.244 e. The van der Waals surface area contributed by atoms with Gasteiger partial charge in [0.25, 0.3) is 0 Å². The molecule has 8 heteroatoms. The Bertz CT molecular complexity index is 694. The molecule has 1 saturated heterocycles. The van der Waals surface area contributed by atoms with Crippen LogP contribution in [-0.2, 0) is 14.8 Å². The summed E-state index contributed by atoms with van der Waals surface area (Å²) >= 11 is 0. The van der Waals surface area contributed by atoms with Crippen LogP contribution in [0.4, 0.5) is 8.78 Å². The number of halogens is 2. The van der Waals surface area contributed by atoms with E-state index in [1.165, 1.54) is 6.92 Å². The second-order valence-electron chi connectivity index (χ2n) is 5.79. The molecule has 2 rings (SSSR count). The molecule has 1 aliphatic rings. The second kappa shape index (κ2) is 6.92. The summed E-state index contributed by atoms with van der Waals surface area (Å²) in [6.07, 6.45) is 2.76. The van der Waals surface area contributed by atoms with Gasteiger partial charge in [-0.2, -0.15) is 4.72 Å². The highest BCUT2D eigenvalue weighted by atomic mass is 32.2. The quantitative estimate of drug-likeness (QED) is 0.907. The van der Waals surface area contributed by atoms with Crippen molar-refractivity contribution in [2.75, 3.05) is 6.54 Å². The summed E-state index contributed by atoms with van der Waals surface area (Å²) < 4.78 is 53.4. The van der Waals surface area contributed by atoms with E-state index < -0.39 is 32.6 Å². The molecule has 1 heterocycles. The molecular weight excluding hydrogens is 326 g/mol. The van der Waals surface area contributed by atoms with Crippen molar-refractivity contribution in [1.82, 2.24) is 9.62 Å². The molecule has 1 aliphatic heterocycles. The van der Waals surface area contributed by atoms with Crippen LogP contribution in [0.5, 0.6) is 0 Å². The number of nitrogens with one attached hydrogen (secondary N) is 1. The van der Waals surface area contributed by atoms with Crippen molar-refractivity contribution >= 4 is 15.9 Å². The van der Waals surface area contributed by atoms with E-state index in [-0.39, 0.29) is 11.9 Å². The maximum Gasteiger partial charge on any atom is 0.244 e. The van der Waals surface area contributed by atoms with E-state index in [9.17, 15) is 22.0 Å². The molecule has 2 atom stereocenters. The van der Waals surface area contributed by atoms with Gasteiger partial charge in [-0.15, -0.1) is 0 Å². The van der Waals surface area contributed by atoms with Gasteiger partial charge in [-0.1, -0.05) is 0 Å². The zero-order valence-electron chi connectivity index (χ0n) is 13.1. The number of carbonyl (C=O) groups excluding carboxylic acids is 1. The number of nitrogens with zero attached hydrogens (tertiary/aromatic N) is 1. The van der Waals surface area contributed by atoms with Crippen LogP contribution in [-0.4, -0.2) is 37.9 Å². The minimum atomic E-state index is -4.33. The Balaban J connectivity index is 2.16. The summed E-state index contributed by atoms with van der Waals surface area (Å²) in [5.41, 5.74) is 0. The third kappa shape index (κ3) is 4.06. The van der Waals surface area contributed by atoms with Crippen molar-refractivity contribution in [2.45, 2.75) is 50.1 Å². The highest BCUT2D eigenvalue weighted by Crippen LogP contribution is 2.19. The fourth-order valence-electron chi connectivity index (χ4n) is 2.70. The second-order valence-corrected chi connectivity index (χ2v) is 7.48. The van der Waals surface area contributed by atoms with Gasteiger partial charge in [0, 0.05) is 12.6 Å². The lowest BCUT2D eigenvalue weighted by Crippen LogP contribution is -2.51. The molecule has 1 fully saturated rings. The highest BCUT2D eigenvalue weighted by molar-refractivity contribution is 7.89. The molecule has 128 valence electrons. The molecule has 1 aromatic carbocycles.